The van der Waals surface area contributed by atoms with E-state index in [9.17, 15) is 4.79 Å². The van der Waals surface area contributed by atoms with Gasteiger partial charge in [0.2, 0.25) is 5.91 Å². The monoisotopic (exact) mass is 262 g/mol. The molecule has 0 spiro atoms. The Bertz CT molecular complexity index is 437. The number of hydrogen-bond donors (Lipinski definition) is 3. The lowest BCUT2D eigenvalue weighted by atomic mass is 10.1. The first-order valence-electron chi connectivity index (χ1n) is 6.41. The molecule has 0 aliphatic rings. The molecule has 0 bridgehead atoms. The van der Waals surface area contributed by atoms with Crippen molar-refractivity contribution in [2.45, 2.75) is 26.8 Å². The van der Waals surface area contributed by atoms with Gasteiger partial charge in [0, 0.05) is 12.1 Å². The van der Waals surface area contributed by atoms with Crippen LogP contribution in [0.4, 0.5) is 0 Å². The lowest BCUT2D eigenvalue weighted by molar-refractivity contribution is 0.100. The van der Waals surface area contributed by atoms with Gasteiger partial charge < -0.3 is 16.8 Å². The maximum Gasteiger partial charge on any atom is 0.248 e. The number of nitrogens with one attached hydrogen (secondary N) is 1. The topological polar surface area (TPSA) is 93.5 Å². The van der Waals surface area contributed by atoms with Gasteiger partial charge in [0.25, 0.3) is 0 Å². The van der Waals surface area contributed by atoms with Crippen molar-refractivity contribution in [3.05, 3.63) is 35.4 Å². The molecule has 19 heavy (non-hydrogen) atoms. The minimum Gasteiger partial charge on any atom is -0.370 e. The molecule has 1 aromatic carbocycles. The fourth-order valence-electron chi connectivity index (χ4n) is 1.50. The van der Waals surface area contributed by atoms with Gasteiger partial charge in [0.1, 0.15) is 0 Å². The highest BCUT2D eigenvalue weighted by Crippen LogP contribution is 2.05. The zero-order valence-electron chi connectivity index (χ0n) is 11.5. The van der Waals surface area contributed by atoms with Gasteiger partial charge in [-0.25, -0.2) is 4.99 Å². The number of rotatable bonds is 6. The summed E-state index contributed by atoms with van der Waals surface area (Å²) in [6.07, 6.45) is 1.06. The van der Waals surface area contributed by atoms with Crippen molar-refractivity contribution >= 4 is 11.9 Å². The predicted octanol–water partition coefficient (Wildman–Crippen LogP) is 1.24. The van der Waals surface area contributed by atoms with Crippen LogP contribution in [-0.2, 0) is 6.54 Å². The van der Waals surface area contributed by atoms with E-state index in [4.69, 9.17) is 11.5 Å². The average molecular weight is 262 g/mol. The van der Waals surface area contributed by atoms with Crippen LogP contribution in [0.5, 0.6) is 0 Å². The van der Waals surface area contributed by atoms with Crippen molar-refractivity contribution in [1.29, 1.82) is 0 Å². The standard InChI is InChI=1S/C14H22N4O/c1-10(2)7-8-17-14(16)18-9-11-3-5-12(6-4-11)13(15)19/h3-6,10H,7-9H2,1-2H3,(H2,15,19)(H3,16,17,18). The molecule has 0 unspecified atom stereocenters. The van der Waals surface area contributed by atoms with E-state index in [0.717, 1.165) is 18.5 Å². The van der Waals surface area contributed by atoms with Crippen LogP contribution in [0.1, 0.15) is 36.2 Å². The molecular formula is C14H22N4O. The molecule has 1 amide bonds. The van der Waals surface area contributed by atoms with Gasteiger partial charge in [0.15, 0.2) is 5.96 Å². The lowest BCUT2D eigenvalue weighted by Crippen LogP contribution is -2.32. The van der Waals surface area contributed by atoms with Crippen molar-refractivity contribution in [2.24, 2.45) is 22.4 Å². The summed E-state index contributed by atoms with van der Waals surface area (Å²) in [7, 11) is 0. The molecule has 0 atom stereocenters. The Balaban J connectivity index is 2.44. The van der Waals surface area contributed by atoms with Crippen LogP contribution >= 0.6 is 0 Å². The van der Waals surface area contributed by atoms with Gasteiger partial charge in [-0.05, 0) is 30.0 Å². The van der Waals surface area contributed by atoms with Gasteiger partial charge in [-0.3, -0.25) is 4.79 Å². The molecule has 0 aromatic heterocycles. The van der Waals surface area contributed by atoms with Gasteiger partial charge in [-0.2, -0.15) is 0 Å². The Morgan fingerprint density at radius 2 is 1.89 bits per heavy atom. The van der Waals surface area contributed by atoms with E-state index >= 15 is 0 Å². The minimum atomic E-state index is -0.426. The zero-order chi connectivity index (χ0) is 14.3. The third-order valence-corrected chi connectivity index (χ3v) is 2.70. The van der Waals surface area contributed by atoms with Crippen LogP contribution in [-0.4, -0.2) is 18.4 Å². The van der Waals surface area contributed by atoms with E-state index in [-0.39, 0.29) is 0 Å². The lowest BCUT2D eigenvalue weighted by Gasteiger charge is -2.07. The molecule has 0 aliphatic carbocycles. The summed E-state index contributed by atoms with van der Waals surface area (Å²) in [5.41, 5.74) is 12.4. The third kappa shape index (κ3) is 5.90. The Kier molecular flexibility index (Phi) is 5.85. The van der Waals surface area contributed by atoms with E-state index in [1.807, 2.05) is 12.1 Å². The Morgan fingerprint density at radius 3 is 2.42 bits per heavy atom. The van der Waals surface area contributed by atoms with Crippen molar-refractivity contribution in [3.63, 3.8) is 0 Å². The molecule has 0 saturated heterocycles. The van der Waals surface area contributed by atoms with E-state index in [1.165, 1.54) is 0 Å². The molecule has 0 fully saturated rings. The Morgan fingerprint density at radius 1 is 1.26 bits per heavy atom. The van der Waals surface area contributed by atoms with Gasteiger partial charge in [0.05, 0.1) is 6.54 Å². The highest BCUT2D eigenvalue weighted by atomic mass is 16.1. The summed E-state index contributed by atoms with van der Waals surface area (Å²) in [6.45, 7) is 5.64. The van der Waals surface area contributed by atoms with Crippen LogP contribution < -0.4 is 16.8 Å². The SMILES string of the molecule is CC(C)CCNC(N)=NCc1ccc(C(N)=O)cc1. The van der Waals surface area contributed by atoms with Crippen LogP contribution in [0.2, 0.25) is 0 Å². The van der Waals surface area contributed by atoms with Crippen molar-refractivity contribution in [1.82, 2.24) is 5.32 Å². The first-order valence-corrected chi connectivity index (χ1v) is 6.41. The van der Waals surface area contributed by atoms with E-state index in [2.05, 4.69) is 24.2 Å². The van der Waals surface area contributed by atoms with E-state index in [1.54, 1.807) is 12.1 Å². The summed E-state index contributed by atoms with van der Waals surface area (Å²) in [6, 6.07) is 7.03. The Hall–Kier alpha value is -2.04. The fourth-order valence-corrected chi connectivity index (χ4v) is 1.50. The molecule has 5 heteroatoms. The average Bonchev–Trinajstić information content (AvgIpc) is 2.36. The molecule has 1 rings (SSSR count). The minimum absolute atomic E-state index is 0.426. The zero-order valence-corrected chi connectivity index (χ0v) is 11.5. The molecule has 1 aromatic rings. The summed E-state index contributed by atoms with van der Waals surface area (Å²) >= 11 is 0. The number of nitrogens with zero attached hydrogens (tertiary/aromatic N) is 1. The number of nitrogens with two attached hydrogens (primary N) is 2. The van der Waals surface area contributed by atoms with Crippen molar-refractivity contribution in [2.75, 3.05) is 6.54 Å². The molecule has 5 nitrogen and oxygen atoms in total. The molecule has 5 N–H and O–H groups in total. The number of carbonyl (C=O) groups is 1. The molecule has 0 radical (unpaired) electrons. The second-order valence-electron chi connectivity index (χ2n) is 4.87. The number of hydrogen-bond acceptors (Lipinski definition) is 2. The van der Waals surface area contributed by atoms with Crippen molar-refractivity contribution in [3.8, 4) is 0 Å². The fraction of sp³-hybridized carbons (Fsp3) is 0.429. The number of benzene rings is 1. The largest absolute Gasteiger partial charge is 0.370 e. The first kappa shape index (κ1) is 15.0. The quantitative estimate of drug-likeness (QED) is 0.532. The number of carbonyl (C=O) groups excluding carboxylic acids is 1. The van der Waals surface area contributed by atoms with Crippen LogP contribution in [0.3, 0.4) is 0 Å². The van der Waals surface area contributed by atoms with E-state index < -0.39 is 5.91 Å². The first-order chi connectivity index (χ1) is 8.99. The highest BCUT2D eigenvalue weighted by Gasteiger charge is 1.99. The van der Waals surface area contributed by atoms with Crippen LogP contribution in [0.15, 0.2) is 29.3 Å². The highest BCUT2D eigenvalue weighted by molar-refractivity contribution is 5.92. The second-order valence-corrected chi connectivity index (χ2v) is 4.87. The second kappa shape index (κ2) is 7.41. The summed E-state index contributed by atoms with van der Waals surface area (Å²) < 4.78 is 0. The summed E-state index contributed by atoms with van der Waals surface area (Å²) in [4.78, 5) is 15.1. The maximum atomic E-state index is 10.9. The smallest absolute Gasteiger partial charge is 0.248 e. The van der Waals surface area contributed by atoms with Crippen molar-refractivity contribution < 1.29 is 4.79 Å². The normalized spacial score (nSPS) is 11.6. The predicted molar refractivity (Wildman–Crippen MR) is 77.7 cm³/mol. The van der Waals surface area contributed by atoms with Gasteiger partial charge >= 0.3 is 0 Å². The van der Waals surface area contributed by atoms with Gasteiger partial charge in [-0.1, -0.05) is 26.0 Å². The number of primary amides is 1. The maximum absolute atomic E-state index is 10.9. The van der Waals surface area contributed by atoms with Gasteiger partial charge in [-0.15, -0.1) is 0 Å². The van der Waals surface area contributed by atoms with Crippen LogP contribution in [0, 0.1) is 5.92 Å². The molecule has 0 saturated carbocycles. The molecule has 0 aliphatic heterocycles. The molecular weight excluding hydrogens is 240 g/mol. The Labute approximate surface area is 114 Å². The van der Waals surface area contributed by atoms with Crippen LogP contribution in [0.25, 0.3) is 0 Å². The summed E-state index contributed by atoms with van der Waals surface area (Å²) in [5.74, 6) is 0.659. The number of aliphatic imine (C=N–C) groups is 1. The third-order valence-electron chi connectivity index (χ3n) is 2.70. The molecule has 0 heterocycles. The molecule has 104 valence electrons. The number of guanidine groups is 1. The summed E-state index contributed by atoms with van der Waals surface area (Å²) in [5, 5.41) is 3.07. The number of amides is 1. The van der Waals surface area contributed by atoms with E-state index in [0.29, 0.717) is 24.0 Å².